The number of amides is 2. The summed E-state index contributed by atoms with van der Waals surface area (Å²) in [7, 11) is 0. The second-order valence-corrected chi connectivity index (χ2v) is 5.86. The number of nitrogens with one attached hydrogen (secondary N) is 2. The Morgan fingerprint density at radius 1 is 1.21 bits per heavy atom. The predicted molar refractivity (Wildman–Crippen MR) is 89.6 cm³/mol. The third kappa shape index (κ3) is 4.05. The maximum Gasteiger partial charge on any atom is 0.263 e. The van der Waals surface area contributed by atoms with Gasteiger partial charge in [-0.2, -0.15) is 0 Å². The van der Waals surface area contributed by atoms with Crippen LogP contribution in [0.2, 0.25) is 0 Å². The summed E-state index contributed by atoms with van der Waals surface area (Å²) >= 11 is 1.27. The first-order valence-electron chi connectivity index (χ1n) is 7.19. The smallest absolute Gasteiger partial charge is 0.263 e. The van der Waals surface area contributed by atoms with Crippen molar-refractivity contribution in [3.63, 3.8) is 0 Å². The Morgan fingerprint density at radius 3 is 2.79 bits per heavy atom. The lowest BCUT2D eigenvalue weighted by molar-refractivity contribution is -0.116. The second-order valence-electron chi connectivity index (χ2n) is 4.83. The van der Waals surface area contributed by atoms with Crippen LogP contribution in [0.15, 0.2) is 53.7 Å². The van der Waals surface area contributed by atoms with Crippen molar-refractivity contribution in [2.45, 2.75) is 6.42 Å². The number of nitrogens with zero attached hydrogens (tertiary/aromatic N) is 2. The van der Waals surface area contributed by atoms with Gasteiger partial charge < -0.3 is 15.1 Å². The Hall–Kier alpha value is -3.00. The lowest BCUT2D eigenvalue weighted by atomic mass is 10.3. The van der Waals surface area contributed by atoms with Crippen LogP contribution in [0.4, 0.5) is 5.69 Å². The van der Waals surface area contributed by atoms with E-state index in [2.05, 4.69) is 20.6 Å². The number of hydrogen-bond acceptors (Lipinski definition) is 6. The third-order valence-corrected chi connectivity index (χ3v) is 4.14. The topological polar surface area (TPSA) is 97.1 Å². The van der Waals surface area contributed by atoms with E-state index in [-0.39, 0.29) is 24.8 Å². The van der Waals surface area contributed by atoms with Crippen molar-refractivity contribution in [1.82, 2.24) is 15.3 Å². The Bertz CT molecular complexity index is 815. The number of carbonyl (C=O) groups excluding carboxylic acids is 2. The van der Waals surface area contributed by atoms with E-state index in [1.807, 2.05) is 0 Å². The first kappa shape index (κ1) is 15.9. The highest BCUT2D eigenvalue weighted by molar-refractivity contribution is 7.16. The molecule has 0 saturated heterocycles. The van der Waals surface area contributed by atoms with E-state index in [9.17, 15) is 9.59 Å². The molecule has 0 aliphatic rings. The van der Waals surface area contributed by atoms with E-state index in [0.717, 1.165) is 5.56 Å². The van der Waals surface area contributed by atoms with Crippen molar-refractivity contribution in [3.05, 3.63) is 54.2 Å². The molecule has 0 aliphatic heterocycles. The molecule has 0 saturated carbocycles. The molecule has 3 heterocycles. The lowest BCUT2D eigenvalue weighted by Gasteiger charge is -2.05. The number of pyridine rings is 1. The van der Waals surface area contributed by atoms with Crippen LogP contribution in [-0.2, 0) is 4.79 Å². The molecule has 0 aromatic carbocycles. The summed E-state index contributed by atoms with van der Waals surface area (Å²) in [6.45, 7) is 0.245. The van der Waals surface area contributed by atoms with E-state index in [0.29, 0.717) is 15.6 Å². The lowest BCUT2D eigenvalue weighted by Crippen LogP contribution is -2.27. The highest BCUT2D eigenvalue weighted by Crippen LogP contribution is 2.25. The normalized spacial score (nSPS) is 10.3. The van der Waals surface area contributed by atoms with Gasteiger partial charge in [0.2, 0.25) is 5.91 Å². The zero-order chi connectivity index (χ0) is 16.8. The Labute approximate surface area is 141 Å². The molecule has 122 valence electrons. The van der Waals surface area contributed by atoms with Gasteiger partial charge in [-0.15, -0.1) is 11.3 Å². The van der Waals surface area contributed by atoms with Crippen LogP contribution in [0, 0.1) is 0 Å². The van der Waals surface area contributed by atoms with Crippen molar-refractivity contribution in [3.8, 4) is 10.6 Å². The van der Waals surface area contributed by atoms with Gasteiger partial charge in [0.1, 0.15) is 16.1 Å². The number of aromatic nitrogens is 2. The molecule has 3 aromatic heterocycles. The first-order valence-corrected chi connectivity index (χ1v) is 8.00. The Morgan fingerprint density at radius 2 is 2.04 bits per heavy atom. The largest absolute Gasteiger partial charge is 0.472 e. The van der Waals surface area contributed by atoms with E-state index in [1.54, 1.807) is 43.1 Å². The molecule has 0 aliphatic carbocycles. The number of anilines is 1. The summed E-state index contributed by atoms with van der Waals surface area (Å²) in [4.78, 5) is 32.4. The van der Waals surface area contributed by atoms with E-state index in [1.165, 1.54) is 17.5 Å². The highest BCUT2D eigenvalue weighted by atomic mass is 32.1. The average Bonchev–Trinajstić information content (AvgIpc) is 3.27. The Kier molecular flexibility index (Phi) is 4.97. The van der Waals surface area contributed by atoms with Crippen molar-refractivity contribution >= 4 is 28.8 Å². The van der Waals surface area contributed by atoms with Crippen LogP contribution < -0.4 is 10.6 Å². The van der Waals surface area contributed by atoms with Gasteiger partial charge in [-0.25, -0.2) is 4.98 Å². The van der Waals surface area contributed by atoms with Crippen LogP contribution in [0.5, 0.6) is 0 Å². The second kappa shape index (κ2) is 7.51. The van der Waals surface area contributed by atoms with E-state index < -0.39 is 0 Å². The summed E-state index contributed by atoms with van der Waals surface area (Å²) in [5, 5.41) is 6.15. The van der Waals surface area contributed by atoms with Crippen molar-refractivity contribution in [2.75, 3.05) is 11.9 Å². The van der Waals surface area contributed by atoms with Crippen molar-refractivity contribution < 1.29 is 14.0 Å². The number of thiazole rings is 1. The molecule has 7 nitrogen and oxygen atoms in total. The minimum atomic E-state index is -0.251. The van der Waals surface area contributed by atoms with Crippen LogP contribution in [0.25, 0.3) is 10.6 Å². The summed E-state index contributed by atoms with van der Waals surface area (Å²) in [6.07, 6.45) is 8.01. The fourth-order valence-electron chi connectivity index (χ4n) is 1.93. The van der Waals surface area contributed by atoms with Gasteiger partial charge in [-0.3, -0.25) is 14.6 Å². The van der Waals surface area contributed by atoms with E-state index >= 15 is 0 Å². The molecular formula is C16H14N4O3S. The molecule has 0 atom stereocenters. The van der Waals surface area contributed by atoms with Gasteiger partial charge in [-0.05, 0) is 18.2 Å². The quantitative estimate of drug-likeness (QED) is 0.717. The van der Waals surface area contributed by atoms with Gasteiger partial charge in [0.15, 0.2) is 0 Å². The van der Waals surface area contributed by atoms with Crippen LogP contribution in [0.3, 0.4) is 0 Å². The molecule has 0 unspecified atom stereocenters. The highest BCUT2D eigenvalue weighted by Gasteiger charge is 2.12. The summed E-state index contributed by atoms with van der Waals surface area (Å²) in [5.74, 6) is -0.427. The number of furan rings is 1. The third-order valence-electron chi connectivity index (χ3n) is 3.10. The molecule has 0 bridgehead atoms. The van der Waals surface area contributed by atoms with Gasteiger partial charge >= 0.3 is 0 Å². The van der Waals surface area contributed by atoms with E-state index in [4.69, 9.17) is 4.42 Å². The molecule has 24 heavy (non-hydrogen) atoms. The summed E-state index contributed by atoms with van der Waals surface area (Å²) in [6, 6.07) is 5.18. The van der Waals surface area contributed by atoms with Crippen LogP contribution in [-0.4, -0.2) is 28.3 Å². The van der Waals surface area contributed by atoms with Gasteiger partial charge in [0.25, 0.3) is 5.91 Å². The molecule has 8 heteroatoms. The first-order chi connectivity index (χ1) is 11.7. The maximum atomic E-state index is 12.1. The SMILES string of the molecule is O=C(CCNC(=O)c1cnc(-c2ccoc2)s1)Nc1ccncc1. The number of carbonyl (C=O) groups is 2. The molecule has 0 radical (unpaired) electrons. The molecular weight excluding hydrogens is 328 g/mol. The fourth-order valence-corrected chi connectivity index (χ4v) is 2.75. The molecule has 2 amide bonds. The summed E-state index contributed by atoms with van der Waals surface area (Å²) in [5.41, 5.74) is 1.50. The van der Waals surface area contributed by atoms with Crippen LogP contribution in [0.1, 0.15) is 16.1 Å². The Balaban J connectivity index is 1.46. The molecule has 3 aromatic rings. The molecule has 3 rings (SSSR count). The monoisotopic (exact) mass is 342 g/mol. The van der Waals surface area contributed by atoms with Gasteiger partial charge in [-0.1, -0.05) is 0 Å². The maximum absolute atomic E-state index is 12.1. The van der Waals surface area contributed by atoms with Crippen molar-refractivity contribution in [1.29, 1.82) is 0 Å². The summed E-state index contributed by atoms with van der Waals surface area (Å²) < 4.78 is 5.00. The minimum Gasteiger partial charge on any atom is -0.472 e. The zero-order valence-corrected chi connectivity index (χ0v) is 13.4. The fraction of sp³-hybridized carbons (Fsp3) is 0.125. The standard InChI is InChI=1S/C16H14N4O3S/c21-14(20-12-1-5-17-6-2-12)3-7-18-15(22)13-9-19-16(24-13)11-4-8-23-10-11/h1-2,4-6,8-10H,3,7H2,(H,18,22)(H,17,20,21). The number of rotatable bonds is 6. The van der Waals surface area contributed by atoms with Crippen LogP contribution >= 0.6 is 11.3 Å². The predicted octanol–water partition coefficient (Wildman–Crippen LogP) is 2.56. The number of hydrogen-bond donors (Lipinski definition) is 2. The van der Waals surface area contributed by atoms with Crippen molar-refractivity contribution in [2.24, 2.45) is 0 Å². The van der Waals surface area contributed by atoms with Gasteiger partial charge in [0.05, 0.1) is 12.5 Å². The molecule has 2 N–H and O–H groups in total. The zero-order valence-electron chi connectivity index (χ0n) is 12.6. The average molecular weight is 342 g/mol. The molecule has 0 spiro atoms. The van der Waals surface area contributed by atoms with Gasteiger partial charge in [0, 0.05) is 36.6 Å². The molecule has 0 fully saturated rings. The minimum absolute atomic E-state index is 0.176.